The van der Waals surface area contributed by atoms with Gasteiger partial charge in [0.1, 0.15) is 18.2 Å². The zero-order valence-electron chi connectivity index (χ0n) is 18.8. The number of ether oxygens (including phenoxy) is 2. The van der Waals surface area contributed by atoms with Gasteiger partial charge in [0, 0.05) is 0 Å². The fourth-order valence-electron chi connectivity index (χ4n) is 4.39. The predicted octanol–water partition coefficient (Wildman–Crippen LogP) is 3.93. The van der Waals surface area contributed by atoms with Gasteiger partial charge in [0.2, 0.25) is 11.5 Å². The summed E-state index contributed by atoms with van der Waals surface area (Å²) in [5.41, 5.74) is 5.44. The maximum absolute atomic E-state index is 16.2. The van der Waals surface area contributed by atoms with Crippen LogP contribution in [0.3, 0.4) is 0 Å². The number of carboxylic acid groups (broad SMARTS) is 1. The molecule has 4 aromatic rings. The van der Waals surface area contributed by atoms with Crippen LogP contribution >= 0.6 is 11.6 Å². The van der Waals surface area contributed by atoms with E-state index in [0.717, 1.165) is 10.9 Å². The molecule has 10 nitrogen and oxygen atoms in total. The molecule has 0 amide bonds. The molecule has 37 heavy (non-hydrogen) atoms. The molecule has 3 heterocycles. The summed E-state index contributed by atoms with van der Waals surface area (Å²) in [5.74, 6) is -7.77. The van der Waals surface area contributed by atoms with Crippen LogP contribution in [0, 0.1) is 0 Å². The summed E-state index contributed by atoms with van der Waals surface area (Å²) >= 11 is 5.89. The Balaban J connectivity index is 1.57. The first-order valence-corrected chi connectivity index (χ1v) is 11.3. The van der Waals surface area contributed by atoms with Crippen LogP contribution < -0.4 is 5.73 Å². The van der Waals surface area contributed by atoms with Crippen molar-refractivity contribution in [3.8, 4) is 0 Å². The number of benzene rings is 2. The molecule has 0 unspecified atom stereocenters. The molecule has 1 saturated heterocycles. The first-order chi connectivity index (χ1) is 17.7. The topological polar surface area (TPSA) is 142 Å². The molecule has 1 aliphatic heterocycles. The lowest BCUT2D eigenvalue weighted by Gasteiger charge is -2.25. The molecule has 2 aromatic carbocycles. The minimum absolute atomic E-state index is 0.0326. The van der Waals surface area contributed by atoms with Gasteiger partial charge in [-0.05, 0) is 35.4 Å². The first-order valence-electron chi connectivity index (χ1n) is 10.9. The van der Waals surface area contributed by atoms with Gasteiger partial charge < -0.3 is 20.3 Å². The number of aromatic nitrogens is 4. The quantitative estimate of drug-likeness (QED) is 0.280. The Bertz CT molecular complexity index is 1500. The van der Waals surface area contributed by atoms with Crippen molar-refractivity contribution in [1.82, 2.24) is 19.5 Å². The number of alkyl halides is 2. The van der Waals surface area contributed by atoms with Gasteiger partial charge >= 0.3 is 17.9 Å². The first kappa shape index (κ1) is 24.5. The van der Waals surface area contributed by atoms with Crippen molar-refractivity contribution in [2.45, 2.75) is 24.2 Å². The van der Waals surface area contributed by atoms with E-state index in [-0.39, 0.29) is 39.0 Å². The standard InChI is InChI=1S/C24H18ClF2N5O5/c25-23-30-18(28)17-19(31-23)32(11-29-17)22-24(26,27)16(13-8-4-5-9-14(13)20(33)34)15(37-22)10-36-21(35)12-6-2-1-3-7-12/h1-9,11,15-16,22H,10H2,(H,33,34)(H2,28,30,31)/t15-,16+,22+/m0/s1. The number of aromatic carboxylic acids is 1. The summed E-state index contributed by atoms with van der Waals surface area (Å²) in [4.78, 5) is 36.2. The lowest BCUT2D eigenvalue weighted by molar-refractivity contribution is -0.119. The van der Waals surface area contributed by atoms with Crippen LogP contribution in [0.2, 0.25) is 5.28 Å². The Hall–Kier alpha value is -4.16. The van der Waals surface area contributed by atoms with Gasteiger partial charge in [0.25, 0.3) is 0 Å². The van der Waals surface area contributed by atoms with Crippen LogP contribution in [-0.2, 0) is 9.47 Å². The van der Waals surface area contributed by atoms with Crippen molar-refractivity contribution >= 4 is 40.5 Å². The molecule has 0 spiro atoms. The smallest absolute Gasteiger partial charge is 0.338 e. The number of carbonyl (C=O) groups excluding carboxylic acids is 1. The van der Waals surface area contributed by atoms with Crippen molar-refractivity contribution in [3.05, 3.63) is 82.9 Å². The SMILES string of the molecule is Nc1nc(Cl)nc2c1ncn2[C@@H]1O[C@@H](COC(=O)c2ccccc2)[C@@H](c2ccccc2C(=O)O)C1(F)F. The summed E-state index contributed by atoms with van der Waals surface area (Å²) < 4.78 is 44.4. The molecule has 1 aliphatic rings. The number of carbonyl (C=O) groups is 2. The van der Waals surface area contributed by atoms with E-state index in [2.05, 4.69) is 15.0 Å². The molecule has 0 bridgehead atoms. The number of rotatable bonds is 6. The van der Waals surface area contributed by atoms with Crippen LogP contribution in [0.15, 0.2) is 60.9 Å². The summed E-state index contributed by atoms with van der Waals surface area (Å²) in [6, 6.07) is 13.3. The molecule has 2 aromatic heterocycles. The van der Waals surface area contributed by atoms with E-state index >= 15 is 8.78 Å². The largest absolute Gasteiger partial charge is 0.478 e. The Morgan fingerprint density at radius 2 is 1.84 bits per heavy atom. The molecular weight excluding hydrogens is 512 g/mol. The number of imidazole rings is 1. The fraction of sp³-hybridized carbons (Fsp3) is 0.208. The molecule has 190 valence electrons. The number of nitrogens with zero attached hydrogens (tertiary/aromatic N) is 4. The summed E-state index contributed by atoms with van der Waals surface area (Å²) in [7, 11) is 0. The number of anilines is 1. The minimum Gasteiger partial charge on any atom is -0.478 e. The molecule has 0 radical (unpaired) electrons. The van der Waals surface area contributed by atoms with Crippen LogP contribution in [0.25, 0.3) is 11.2 Å². The Kier molecular flexibility index (Phi) is 6.21. The van der Waals surface area contributed by atoms with E-state index in [9.17, 15) is 14.7 Å². The van der Waals surface area contributed by atoms with E-state index in [4.69, 9.17) is 26.8 Å². The van der Waals surface area contributed by atoms with Crippen molar-refractivity contribution < 1.29 is 33.0 Å². The van der Waals surface area contributed by atoms with Crippen molar-refractivity contribution in [3.63, 3.8) is 0 Å². The highest BCUT2D eigenvalue weighted by atomic mass is 35.5. The van der Waals surface area contributed by atoms with Gasteiger partial charge in [0.05, 0.1) is 23.4 Å². The number of hydrogen-bond acceptors (Lipinski definition) is 8. The highest BCUT2D eigenvalue weighted by Gasteiger charge is 2.61. The summed E-state index contributed by atoms with van der Waals surface area (Å²) in [6.45, 7) is -0.580. The summed E-state index contributed by atoms with van der Waals surface area (Å²) in [6.07, 6.45) is -2.38. The normalized spacial score (nSPS) is 20.7. The molecule has 1 fully saturated rings. The van der Waals surface area contributed by atoms with Gasteiger partial charge in [-0.3, -0.25) is 4.57 Å². The third-order valence-corrected chi connectivity index (χ3v) is 6.18. The third-order valence-electron chi connectivity index (χ3n) is 6.01. The van der Waals surface area contributed by atoms with E-state index < -0.39 is 42.7 Å². The summed E-state index contributed by atoms with van der Waals surface area (Å²) in [5, 5.41) is 9.39. The van der Waals surface area contributed by atoms with Gasteiger partial charge in [-0.2, -0.15) is 9.97 Å². The lowest BCUT2D eigenvalue weighted by Crippen LogP contribution is -2.34. The Labute approximate surface area is 212 Å². The molecule has 3 N–H and O–H groups in total. The maximum Gasteiger partial charge on any atom is 0.338 e. The fourth-order valence-corrected chi connectivity index (χ4v) is 4.56. The molecule has 3 atom stereocenters. The second kappa shape index (κ2) is 9.37. The highest BCUT2D eigenvalue weighted by Crippen LogP contribution is 2.53. The zero-order chi connectivity index (χ0) is 26.3. The minimum atomic E-state index is -3.71. The van der Waals surface area contributed by atoms with E-state index in [1.807, 2.05) is 0 Å². The average Bonchev–Trinajstić information content (AvgIpc) is 3.40. The maximum atomic E-state index is 16.2. The van der Waals surface area contributed by atoms with Gasteiger partial charge in [-0.1, -0.05) is 36.4 Å². The van der Waals surface area contributed by atoms with E-state index in [0.29, 0.717) is 0 Å². The number of nitrogen functional groups attached to an aromatic ring is 1. The zero-order valence-corrected chi connectivity index (χ0v) is 19.5. The van der Waals surface area contributed by atoms with E-state index in [1.54, 1.807) is 18.2 Å². The number of nitrogens with two attached hydrogens (primary N) is 1. The number of hydrogen-bond donors (Lipinski definition) is 2. The Morgan fingerprint density at radius 1 is 1.14 bits per heavy atom. The molecular formula is C24H18ClF2N5O5. The molecule has 13 heteroatoms. The number of carboxylic acids is 1. The number of esters is 1. The number of halogens is 3. The molecule has 0 aliphatic carbocycles. The number of fused-ring (bicyclic) bond motifs is 1. The van der Waals surface area contributed by atoms with Gasteiger partial charge in [0.15, 0.2) is 11.5 Å². The molecule has 5 rings (SSSR count). The van der Waals surface area contributed by atoms with Crippen LogP contribution in [0.5, 0.6) is 0 Å². The van der Waals surface area contributed by atoms with Crippen molar-refractivity contribution in [1.29, 1.82) is 0 Å². The van der Waals surface area contributed by atoms with Crippen LogP contribution in [-0.4, -0.2) is 55.2 Å². The second-order valence-corrected chi connectivity index (χ2v) is 8.58. The van der Waals surface area contributed by atoms with Gasteiger partial charge in [-0.25, -0.2) is 23.4 Å². The predicted molar refractivity (Wildman–Crippen MR) is 126 cm³/mol. The molecule has 0 saturated carbocycles. The van der Waals surface area contributed by atoms with Crippen molar-refractivity contribution in [2.24, 2.45) is 0 Å². The van der Waals surface area contributed by atoms with Crippen molar-refractivity contribution in [2.75, 3.05) is 12.3 Å². The monoisotopic (exact) mass is 529 g/mol. The lowest BCUT2D eigenvalue weighted by atomic mass is 9.86. The van der Waals surface area contributed by atoms with Gasteiger partial charge in [-0.15, -0.1) is 0 Å². The van der Waals surface area contributed by atoms with Crippen LogP contribution in [0.4, 0.5) is 14.6 Å². The van der Waals surface area contributed by atoms with E-state index in [1.165, 1.54) is 36.4 Å². The second-order valence-electron chi connectivity index (χ2n) is 8.24. The highest BCUT2D eigenvalue weighted by molar-refractivity contribution is 6.28. The van der Waals surface area contributed by atoms with Crippen LogP contribution in [0.1, 0.15) is 38.4 Å². The third kappa shape index (κ3) is 4.34. The average molecular weight is 530 g/mol. The Morgan fingerprint density at radius 3 is 2.57 bits per heavy atom.